The van der Waals surface area contributed by atoms with Crippen molar-refractivity contribution >= 4 is 34.4 Å². The van der Waals surface area contributed by atoms with Crippen LogP contribution in [0, 0.1) is 6.92 Å². The Morgan fingerprint density at radius 3 is 2.83 bits per heavy atom. The third-order valence-electron chi connectivity index (χ3n) is 2.63. The Kier molecular flexibility index (Phi) is 4.55. The predicted molar refractivity (Wildman–Crippen MR) is 68.3 cm³/mol. The predicted octanol–water partition coefficient (Wildman–Crippen LogP) is 3.60. The van der Waals surface area contributed by atoms with Crippen LogP contribution in [0.15, 0.2) is 22.7 Å². The molecule has 1 heterocycles. The van der Waals surface area contributed by atoms with E-state index in [4.69, 9.17) is 0 Å². The van der Waals surface area contributed by atoms with E-state index in [1.165, 1.54) is 0 Å². The smallest absolute Gasteiger partial charge is 0.408 e. The summed E-state index contributed by atoms with van der Waals surface area (Å²) in [6, 6.07) is 3.72. The van der Waals surface area contributed by atoms with E-state index in [1.54, 1.807) is 25.1 Å². The number of cyclic esters (lactones) is 1. The van der Waals surface area contributed by atoms with E-state index in [2.05, 4.69) is 26.0 Å². The average molecular weight is 343 g/mol. The minimum atomic E-state index is -3.11. The van der Waals surface area contributed by atoms with Crippen LogP contribution in [0.3, 0.4) is 0 Å². The first kappa shape index (κ1) is 15.2. The molecule has 7 heteroatoms. The lowest BCUT2D eigenvalue weighted by molar-refractivity contribution is -0.104. The van der Waals surface area contributed by atoms with Crippen LogP contribution in [-0.4, -0.2) is 18.6 Å². The summed E-state index contributed by atoms with van der Waals surface area (Å²) in [5, 5.41) is 2.16. The zero-order valence-electron chi connectivity index (χ0n) is 9.38. The summed E-state index contributed by atoms with van der Waals surface area (Å²) in [7, 11) is 0. The molecule has 18 heavy (non-hydrogen) atoms. The maximum absolute atomic E-state index is 13.7. The fraction of sp³-hybridized carbons (Fsp3) is 0.364. The number of benzene rings is 1. The highest BCUT2D eigenvalue weighted by Gasteiger charge is 2.47. The molecular formula is C11H11BrClF2NO2. The van der Waals surface area contributed by atoms with Crippen LogP contribution in [0.5, 0.6) is 0 Å². The Balaban J connectivity index is 0.00000162. The van der Waals surface area contributed by atoms with Gasteiger partial charge in [-0.05, 0) is 30.2 Å². The summed E-state index contributed by atoms with van der Waals surface area (Å²) in [5.74, 6) is -3.11. The van der Waals surface area contributed by atoms with Gasteiger partial charge in [-0.15, -0.1) is 12.4 Å². The standard InChI is InChI=1S/C11H10BrF2NO2.ClH/c1-6-2-3-7(12)4-8(6)9-11(13,14)5-17-10(16)15-9;/h2-4,9H,5H2,1H3,(H,15,16);1H/t9-;/m0./s1. The van der Waals surface area contributed by atoms with E-state index in [0.717, 1.165) is 0 Å². The third kappa shape index (κ3) is 2.92. The van der Waals surface area contributed by atoms with Gasteiger partial charge < -0.3 is 10.1 Å². The van der Waals surface area contributed by atoms with Gasteiger partial charge in [-0.3, -0.25) is 0 Å². The maximum atomic E-state index is 13.7. The number of alkyl halides is 2. The summed E-state index contributed by atoms with van der Waals surface area (Å²) >= 11 is 3.23. The molecule has 1 atom stereocenters. The van der Waals surface area contributed by atoms with E-state index >= 15 is 0 Å². The van der Waals surface area contributed by atoms with Crippen LogP contribution in [0.2, 0.25) is 0 Å². The van der Waals surface area contributed by atoms with Crippen molar-refractivity contribution in [3.05, 3.63) is 33.8 Å². The van der Waals surface area contributed by atoms with Crippen molar-refractivity contribution in [1.29, 1.82) is 0 Å². The van der Waals surface area contributed by atoms with Crippen molar-refractivity contribution in [2.24, 2.45) is 0 Å². The number of carbonyl (C=O) groups excluding carboxylic acids is 1. The van der Waals surface area contributed by atoms with Gasteiger partial charge in [0.1, 0.15) is 6.04 Å². The molecule has 1 aromatic carbocycles. The maximum Gasteiger partial charge on any atom is 0.408 e. The van der Waals surface area contributed by atoms with Gasteiger partial charge in [0.25, 0.3) is 0 Å². The second-order valence-electron chi connectivity index (χ2n) is 3.92. The first-order valence-corrected chi connectivity index (χ1v) is 5.76. The van der Waals surface area contributed by atoms with Gasteiger partial charge in [-0.1, -0.05) is 22.0 Å². The lowest BCUT2D eigenvalue weighted by atomic mass is 9.96. The lowest BCUT2D eigenvalue weighted by Crippen LogP contribution is -2.49. The second kappa shape index (κ2) is 5.40. The number of amides is 1. The summed E-state index contributed by atoms with van der Waals surface area (Å²) in [5.41, 5.74) is 1.08. The minimum absolute atomic E-state index is 0. The van der Waals surface area contributed by atoms with E-state index < -0.39 is 24.7 Å². The van der Waals surface area contributed by atoms with Crippen LogP contribution >= 0.6 is 28.3 Å². The third-order valence-corrected chi connectivity index (χ3v) is 3.13. The van der Waals surface area contributed by atoms with Gasteiger partial charge in [0.05, 0.1) is 0 Å². The SMILES string of the molecule is Cc1ccc(Br)cc1[C@@H]1NC(=O)OCC1(F)F.Cl. The number of ether oxygens (including phenoxy) is 1. The number of rotatable bonds is 1. The van der Waals surface area contributed by atoms with Gasteiger partial charge in [-0.25, -0.2) is 13.6 Å². The average Bonchev–Trinajstić information content (AvgIpc) is 2.26. The minimum Gasteiger partial charge on any atom is -0.443 e. The Morgan fingerprint density at radius 2 is 2.17 bits per heavy atom. The van der Waals surface area contributed by atoms with E-state index in [9.17, 15) is 13.6 Å². The summed E-state index contributed by atoms with van der Waals surface area (Å²) in [6.45, 7) is 0.828. The molecule has 0 bridgehead atoms. The molecule has 1 aliphatic heterocycles. The molecule has 1 saturated heterocycles. The van der Waals surface area contributed by atoms with Crippen LogP contribution in [0.4, 0.5) is 13.6 Å². The molecule has 0 spiro atoms. The Labute approximate surface area is 117 Å². The molecule has 1 amide bonds. The fourth-order valence-corrected chi connectivity index (χ4v) is 2.12. The normalized spacial score (nSPS) is 21.6. The number of hydrogen-bond acceptors (Lipinski definition) is 2. The zero-order chi connectivity index (χ0) is 12.6. The van der Waals surface area contributed by atoms with E-state index in [-0.39, 0.29) is 12.4 Å². The summed E-state index contributed by atoms with van der Waals surface area (Å²) in [4.78, 5) is 11.1. The molecule has 1 aromatic rings. The van der Waals surface area contributed by atoms with Gasteiger partial charge >= 0.3 is 12.0 Å². The molecule has 1 N–H and O–H groups in total. The molecule has 0 saturated carbocycles. The van der Waals surface area contributed by atoms with Gasteiger partial charge in [-0.2, -0.15) is 0 Å². The Morgan fingerprint density at radius 1 is 1.50 bits per heavy atom. The van der Waals surface area contributed by atoms with Gasteiger partial charge in [0.15, 0.2) is 6.61 Å². The summed E-state index contributed by atoms with van der Waals surface area (Å²) in [6.07, 6.45) is -0.819. The summed E-state index contributed by atoms with van der Waals surface area (Å²) < 4.78 is 32.4. The topological polar surface area (TPSA) is 38.3 Å². The number of nitrogens with one attached hydrogen (secondary N) is 1. The number of hydrogen-bond donors (Lipinski definition) is 1. The molecule has 3 nitrogen and oxygen atoms in total. The number of alkyl carbamates (subject to hydrolysis) is 1. The first-order valence-electron chi connectivity index (χ1n) is 4.97. The molecule has 2 rings (SSSR count). The van der Waals surface area contributed by atoms with Crippen LogP contribution in [-0.2, 0) is 4.74 Å². The van der Waals surface area contributed by atoms with Crippen LogP contribution in [0.25, 0.3) is 0 Å². The fourth-order valence-electron chi connectivity index (χ4n) is 1.74. The van der Waals surface area contributed by atoms with Crippen molar-refractivity contribution < 1.29 is 18.3 Å². The Bertz CT molecular complexity index is 470. The highest BCUT2D eigenvalue weighted by atomic mass is 79.9. The molecule has 0 aliphatic carbocycles. The second-order valence-corrected chi connectivity index (χ2v) is 4.83. The number of carbonyl (C=O) groups is 1. The Hall–Kier alpha value is -0.880. The lowest BCUT2D eigenvalue weighted by Gasteiger charge is -2.32. The van der Waals surface area contributed by atoms with Crippen molar-refractivity contribution in [2.75, 3.05) is 6.61 Å². The molecule has 1 fully saturated rings. The molecule has 0 aromatic heterocycles. The first-order chi connectivity index (χ1) is 7.90. The van der Waals surface area contributed by atoms with Gasteiger partial charge in [0.2, 0.25) is 0 Å². The molecule has 0 radical (unpaired) electrons. The highest BCUT2D eigenvalue weighted by molar-refractivity contribution is 9.10. The van der Waals surface area contributed by atoms with Crippen LogP contribution < -0.4 is 5.32 Å². The van der Waals surface area contributed by atoms with Crippen molar-refractivity contribution in [3.8, 4) is 0 Å². The van der Waals surface area contributed by atoms with Crippen LogP contribution in [0.1, 0.15) is 17.2 Å². The quantitative estimate of drug-likeness (QED) is 0.847. The number of aryl methyl sites for hydroxylation is 1. The monoisotopic (exact) mass is 341 g/mol. The molecule has 1 aliphatic rings. The van der Waals surface area contributed by atoms with Gasteiger partial charge in [0, 0.05) is 4.47 Å². The van der Waals surface area contributed by atoms with Crippen molar-refractivity contribution in [1.82, 2.24) is 5.32 Å². The van der Waals surface area contributed by atoms with E-state index in [1.807, 2.05) is 0 Å². The molecule has 0 unspecified atom stereocenters. The number of halogens is 4. The molecule has 100 valence electrons. The largest absolute Gasteiger partial charge is 0.443 e. The van der Waals surface area contributed by atoms with Crippen molar-refractivity contribution in [2.45, 2.75) is 18.9 Å². The highest BCUT2D eigenvalue weighted by Crippen LogP contribution is 2.36. The van der Waals surface area contributed by atoms with E-state index in [0.29, 0.717) is 15.6 Å². The molecular weight excluding hydrogens is 331 g/mol. The van der Waals surface area contributed by atoms with Crippen molar-refractivity contribution in [3.63, 3.8) is 0 Å². The zero-order valence-corrected chi connectivity index (χ0v) is 11.8.